The van der Waals surface area contributed by atoms with E-state index in [9.17, 15) is 14.4 Å². The Morgan fingerprint density at radius 2 is 2.00 bits per heavy atom. The molecule has 24 heavy (non-hydrogen) atoms. The largest absolute Gasteiger partial charge is 0.495 e. The predicted octanol–water partition coefficient (Wildman–Crippen LogP) is 1.09. The second kappa shape index (κ2) is 7.12. The molecule has 0 unspecified atom stereocenters. The highest BCUT2D eigenvalue weighted by atomic mass is 32.2. The minimum absolute atomic E-state index is 0.0631. The summed E-state index contributed by atoms with van der Waals surface area (Å²) in [5.74, 6) is 0.856. The molecule has 1 fully saturated rings. The van der Waals surface area contributed by atoms with E-state index in [1.54, 1.807) is 28.8 Å². The summed E-state index contributed by atoms with van der Waals surface area (Å²) in [5, 5.41) is 5.38. The topological polar surface area (TPSA) is 87.7 Å². The second-order valence-electron chi connectivity index (χ2n) is 5.62. The first-order valence-corrected chi connectivity index (χ1v) is 8.92. The van der Waals surface area contributed by atoms with E-state index < -0.39 is 11.8 Å². The minimum Gasteiger partial charge on any atom is -0.495 e. The summed E-state index contributed by atoms with van der Waals surface area (Å²) in [5.41, 5.74) is 1.97. The number of benzene rings is 1. The molecular formula is C16H19N3O4S. The maximum Gasteiger partial charge on any atom is 0.314 e. The predicted molar refractivity (Wildman–Crippen MR) is 92.5 cm³/mol. The summed E-state index contributed by atoms with van der Waals surface area (Å²) in [6, 6.07) is 3.43. The lowest BCUT2D eigenvalue weighted by molar-refractivity contribution is -0.142. The van der Waals surface area contributed by atoms with Gasteiger partial charge in [-0.05, 0) is 24.1 Å². The van der Waals surface area contributed by atoms with Crippen molar-refractivity contribution in [1.82, 2.24) is 4.90 Å². The van der Waals surface area contributed by atoms with Crippen molar-refractivity contribution in [1.29, 1.82) is 0 Å². The van der Waals surface area contributed by atoms with Crippen LogP contribution in [0.3, 0.4) is 0 Å². The zero-order valence-electron chi connectivity index (χ0n) is 13.4. The molecule has 0 spiro atoms. The fraction of sp³-hybridized carbons (Fsp3) is 0.438. The fourth-order valence-corrected chi connectivity index (χ4v) is 3.66. The molecule has 1 saturated heterocycles. The lowest BCUT2D eigenvalue weighted by Crippen LogP contribution is -2.44. The summed E-state index contributed by atoms with van der Waals surface area (Å²) in [4.78, 5) is 37.6. The Kier molecular flexibility index (Phi) is 4.94. The van der Waals surface area contributed by atoms with Crippen LogP contribution in [0.15, 0.2) is 12.1 Å². The highest BCUT2D eigenvalue weighted by molar-refractivity contribution is 7.99. The third-order valence-corrected chi connectivity index (χ3v) is 5.00. The molecule has 2 aliphatic rings. The number of hydrogen-bond donors (Lipinski definition) is 2. The average Bonchev–Trinajstić information content (AvgIpc) is 2.61. The average molecular weight is 349 g/mol. The molecule has 3 amide bonds. The number of nitrogens with zero attached hydrogens (tertiary/aromatic N) is 1. The Morgan fingerprint density at radius 3 is 2.71 bits per heavy atom. The maximum atomic E-state index is 12.3. The molecule has 0 aliphatic carbocycles. The maximum absolute atomic E-state index is 12.3. The van der Waals surface area contributed by atoms with E-state index >= 15 is 0 Å². The Hall–Kier alpha value is -2.22. The van der Waals surface area contributed by atoms with Crippen LogP contribution in [0.1, 0.15) is 12.0 Å². The lowest BCUT2D eigenvalue weighted by atomic mass is 10.0. The highest BCUT2D eigenvalue weighted by Gasteiger charge is 2.25. The van der Waals surface area contributed by atoms with Gasteiger partial charge in [-0.2, -0.15) is 11.8 Å². The first kappa shape index (κ1) is 16.6. The number of carbonyl (C=O) groups excluding carboxylic acids is 3. The smallest absolute Gasteiger partial charge is 0.314 e. The Bertz CT molecular complexity index is 686. The Labute approximate surface area is 144 Å². The van der Waals surface area contributed by atoms with Crippen molar-refractivity contribution in [2.45, 2.75) is 12.8 Å². The van der Waals surface area contributed by atoms with Gasteiger partial charge in [-0.15, -0.1) is 0 Å². The summed E-state index contributed by atoms with van der Waals surface area (Å²) in [6.07, 6.45) is 1.05. The van der Waals surface area contributed by atoms with Gasteiger partial charge in [-0.3, -0.25) is 14.4 Å². The van der Waals surface area contributed by atoms with Gasteiger partial charge in [0.2, 0.25) is 5.91 Å². The summed E-state index contributed by atoms with van der Waals surface area (Å²) < 4.78 is 5.31. The number of amides is 3. The van der Waals surface area contributed by atoms with E-state index in [-0.39, 0.29) is 5.91 Å². The van der Waals surface area contributed by atoms with E-state index in [0.717, 1.165) is 17.1 Å². The first-order valence-electron chi connectivity index (χ1n) is 7.77. The molecule has 128 valence electrons. The molecule has 1 aromatic carbocycles. The van der Waals surface area contributed by atoms with Crippen LogP contribution < -0.4 is 15.4 Å². The number of aryl methyl sites for hydroxylation is 1. The van der Waals surface area contributed by atoms with Crippen LogP contribution in [-0.2, 0) is 20.8 Å². The SMILES string of the molecule is COc1cc2c(cc1NC(=O)C(=O)N1CCSCC1)NC(=O)CC2. The van der Waals surface area contributed by atoms with Gasteiger partial charge >= 0.3 is 11.8 Å². The molecule has 8 heteroatoms. The van der Waals surface area contributed by atoms with E-state index in [1.807, 2.05) is 0 Å². The third-order valence-electron chi connectivity index (χ3n) is 4.06. The molecule has 0 bridgehead atoms. The molecule has 0 aromatic heterocycles. The summed E-state index contributed by atoms with van der Waals surface area (Å²) in [6.45, 7) is 1.16. The number of rotatable bonds is 2. The first-order chi connectivity index (χ1) is 11.6. The van der Waals surface area contributed by atoms with Gasteiger partial charge in [0.15, 0.2) is 0 Å². The van der Waals surface area contributed by atoms with E-state index in [2.05, 4.69) is 10.6 Å². The van der Waals surface area contributed by atoms with Crippen LogP contribution in [0, 0.1) is 0 Å². The van der Waals surface area contributed by atoms with Gasteiger partial charge in [0, 0.05) is 36.7 Å². The van der Waals surface area contributed by atoms with Crippen molar-refractivity contribution >= 4 is 40.9 Å². The number of anilines is 2. The lowest BCUT2D eigenvalue weighted by Gasteiger charge is -2.26. The number of ether oxygens (including phenoxy) is 1. The van der Waals surface area contributed by atoms with E-state index in [0.29, 0.717) is 43.1 Å². The Morgan fingerprint density at radius 1 is 1.25 bits per heavy atom. The molecule has 3 rings (SSSR count). The molecular weight excluding hydrogens is 330 g/mol. The normalized spacial score (nSPS) is 16.9. The zero-order chi connectivity index (χ0) is 17.1. The standard InChI is InChI=1S/C16H19N3O4S/c1-23-13-8-10-2-3-14(20)17-11(10)9-12(13)18-15(21)16(22)19-4-6-24-7-5-19/h8-9H,2-7H2,1H3,(H,17,20)(H,18,21). The number of carbonyl (C=O) groups is 3. The molecule has 0 saturated carbocycles. The number of thioether (sulfide) groups is 1. The quantitative estimate of drug-likeness (QED) is 0.781. The van der Waals surface area contributed by atoms with Crippen LogP contribution in [0.25, 0.3) is 0 Å². The van der Waals surface area contributed by atoms with E-state index in [4.69, 9.17) is 4.74 Å². The monoisotopic (exact) mass is 349 g/mol. The number of nitrogens with one attached hydrogen (secondary N) is 2. The molecule has 2 N–H and O–H groups in total. The van der Waals surface area contributed by atoms with Crippen LogP contribution in [0.2, 0.25) is 0 Å². The molecule has 1 aromatic rings. The van der Waals surface area contributed by atoms with Crippen LogP contribution in [-0.4, -0.2) is 54.3 Å². The van der Waals surface area contributed by atoms with E-state index in [1.165, 1.54) is 7.11 Å². The van der Waals surface area contributed by atoms with Crippen molar-refractivity contribution in [2.75, 3.05) is 42.3 Å². The van der Waals surface area contributed by atoms with Crippen molar-refractivity contribution in [2.24, 2.45) is 0 Å². The Balaban J connectivity index is 1.78. The second-order valence-corrected chi connectivity index (χ2v) is 6.84. The molecule has 0 radical (unpaired) electrons. The van der Waals surface area contributed by atoms with Crippen molar-refractivity contribution in [3.63, 3.8) is 0 Å². The van der Waals surface area contributed by atoms with Crippen molar-refractivity contribution < 1.29 is 19.1 Å². The molecule has 7 nitrogen and oxygen atoms in total. The van der Waals surface area contributed by atoms with Gasteiger partial charge in [-0.1, -0.05) is 0 Å². The van der Waals surface area contributed by atoms with Crippen molar-refractivity contribution in [3.05, 3.63) is 17.7 Å². The van der Waals surface area contributed by atoms with Crippen LogP contribution in [0.4, 0.5) is 11.4 Å². The van der Waals surface area contributed by atoms with Crippen molar-refractivity contribution in [3.8, 4) is 5.75 Å². The molecule has 2 aliphatic heterocycles. The van der Waals surface area contributed by atoms with Gasteiger partial charge in [0.05, 0.1) is 12.8 Å². The van der Waals surface area contributed by atoms with Gasteiger partial charge in [0.1, 0.15) is 5.75 Å². The highest BCUT2D eigenvalue weighted by Crippen LogP contribution is 2.34. The summed E-state index contributed by atoms with van der Waals surface area (Å²) >= 11 is 1.77. The molecule has 2 heterocycles. The van der Waals surface area contributed by atoms with Gasteiger partial charge < -0.3 is 20.3 Å². The zero-order valence-corrected chi connectivity index (χ0v) is 14.2. The minimum atomic E-state index is -0.692. The summed E-state index contributed by atoms with van der Waals surface area (Å²) in [7, 11) is 1.50. The fourth-order valence-electron chi connectivity index (χ4n) is 2.76. The van der Waals surface area contributed by atoms with Crippen LogP contribution >= 0.6 is 11.8 Å². The van der Waals surface area contributed by atoms with Crippen LogP contribution in [0.5, 0.6) is 5.75 Å². The van der Waals surface area contributed by atoms with Gasteiger partial charge in [-0.25, -0.2) is 0 Å². The number of fused-ring (bicyclic) bond motifs is 1. The van der Waals surface area contributed by atoms with Gasteiger partial charge in [0.25, 0.3) is 0 Å². The number of methoxy groups -OCH3 is 1. The third kappa shape index (κ3) is 3.48. The number of hydrogen-bond acceptors (Lipinski definition) is 5. The molecule has 0 atom stereocenters.